The van der Waals surface area contributed by atoms with E-state index in [9.17, 15) is 9.59 Å². The van der Waals surface area contributed by atoms with Crippen molar-refractivity contribution >= 4 is 17.7 Å². The van der Waals surface area contributed by atoms with Crippen molar-refractivity contribution in [1.82, 2.24) is 4.90 Å². The Balaban J connectivity index is 1.31. The van der Waals surface area contributed by atoms with Crippen molar-refractivity contribution in [2.75, 3.05) is 20.3 Å². The molecule has 0 aliphatic carbocycles. The number of methoxy groups -OCH3 is 1. The number of nitrogens with one attached hydrogen (secondary N) is 1. The van der Waals surface area contributed by atoms with Gasteiger partial charge in [-0.15, -0.1) is 0 Å². The summed E-state index contributed by atoms with van der Waals surface area (Å²) in [5.74, 6) is 0.430. The lowest BCUT2D eigenvalue weighted by Gasteiger charge is -2.27. The van der Waals surface area contributed by atoms with Gasteiger partial charge in [-0.05, 0) is 72.9 Å². The molecule has 1 aliphatic rings. The SMILES string of the molecule is COC(=O)C[C@]1(CCCc2ccccc2)C[C@@H](COc2ccc(-c3ccc(C(=N)N)cc3)cc2)N(CCCc2ccccc2)C1=O. The molecule has 5 rings (SSSR count). The second-order valence-electron chi connectivity index (χ2n) is 12.1. The van der Waals surface area contributed by atoms with Crippen molar-refractivity contribution in [1.29, 1.82) is 5.41 Å². The van der Waals surface area contributed by atoms with Gasteiger partial charge in [0.15, 0.2) is 0 Å². The molecule has 3 N–H and O–H groups in total. The number of esters is 1. The molecule has 1 amide bonds. The van der Waals surface area contributed by atoms with Gasteiger partial charge >= 0.3 is 5.97 Å². The first-order chi connectivity index (χ1) is 22.4. The Kier molecular flexibility index (Phi) is 10.9. The van der Waals surface area contributed by atoms with Crippen molar-refractivity contribution in [2.24, 2.45) is 11.1 Å². The van der Waals surface area contributed by atoms with Gasteiger partial charge < -0.3 is 20.1 Å². The van der Waals surface area contributed by atoms with Crippen molar-refractivity contribution in [3.8, 4) is 16.9 Å². The summed E-state index contributed by atoms with van der Waals surface area (Å²) in [6.07, 6.45) is 4.55. The molecule has 0 spiro atoms. The Bertz CT molecular complexity index is 1590. The first kappa shape index (κ1) is 32.5. The zero-order valence-electron chi connectivity index (χ0n) is 26.5. The van der Waals surface area contributed by atoms with E-state index in [0.29, 0.717) is 31.6 Å². The summed E-state index contributed by atoms with van der Waals surface area (Å²) in [5.41, 5.74) is 9.96. The maximum Gasteiger partial charge on any atom is 0.306 e. The number of amidine groups is 1. The molecular formula is C39H43N3O4. The van der Waals surface area contributed by atoms with Crippen LogP contribution in [0.2, 0.25) is 0 Å². The molecule has 2 atom stereocenters. The number of ether oxygens (including phenoxy) is 2. The topological polar surface area (TPSA) is 106 Å². The van der Waals surface area contributed by atoms with Gasteiger partial charge in [-0.3, -0.25) is 15.0 Å². The molecule has 1 aliphatic heterocycles. The number of nitrogens with two attached hydrogens (primary N) is 1. The van der Waals surface area contributed by atoms with Crippen LogP contribution in [0, 0.1) is 10.8 Å². The molecule has 1 saturated heterocycles. The highest BCUT2D eigenvalue weighted by Gasteiger charge is 2.52. The molecule has 0 bridgehead atoms. The largest absolute Gasteiger partial charge is 0.491 e. The van der Waals surface area contributed by atoms with Crippen LogP contribution in [0.3, 0.4) is 0 Å². The van der Waals surface area contributed by atoms with Crippen LogP contribution in [-0.4, -0.2) is 48.9 Å². The lowest BCUT2D eigenvalue weighted by atomic mass is 9.76. The fourth-order valence-electron chi connectivity index (χ4n) is 6.50. The average molecular weight is 618 g/mol. The summed E-state index contributed by atoms with van der Waals surface area (Å²) in [6, 6.07) is 35.8. The van der Waals surface area contributed by atoms with Crippen LogP contribution < -0.4 is 10.5 Å². The van der Waals surface area contributed by atoms with E-state index in [0.717, 1.165) is 42.6 Å². The quantitative estimate of drug-likeness (QED) is 0.0865. The lowest BCUT2D eigenvalue weighted by molar-refractivity contribution is -0.149. The molecule has 46 heavy (non-hydrogen) atoms. The van der Waals surface area contributed by atoms with Crippen LogP contribution in [0.5, 0.6) is 5.75 Å². The minimum atomic E-state index is -0.821. The Morgan fingerprint density at radius 1 is 0.848 bits per heavy atom. The highest BCUT2D eigenvalue weighted by Crippen LogP contribution is 2.44. The van der Waals surface area contributed by atoms with Crippen LogP contribution in [0.1, 0.15) is 48.8 Å². The fraction of sp³-hybridized carbons (Fsp3) is 0.308. The highest BCUT2D eigenvalue weighted by molar-refractivity contribution is 5.95. The van der Waals surface area contributed by atoms with Crippen molar-refractivity contribution < 1.29 is 19.1 Å². The summed E-state index contributed by atoms with van der Waals surface area (Å²) >= 11 is 0. The summed E-state index contributed by atoms with van der Waals surface area (Å²) < 4.78 is 11.4. The van der Waals surface area contributed by atoms with E-state index < -0.39 is 5.41 Å². The minimum absolute atomic E-state index is 0.0250. The van der Waals surface area contributed by atoms with Gasteiger partial charge in [0.25, 0.3) is 0 Å². The molecule has 7 nitrogen and oxygen atoms in total. The van der Waals surface area contributed by atoms with Crippen LogP contribution in [-0.2, 0) is 27.2 Å². The number of nitrogen functional groups attached to an aromatic ring is 1. The number of hydrogen-bond acceptors (Lipinski definition) is 5. The number of rotatable bonds is 15. The van der Waals surface area contributed by atoms with E-state index in [1.54, 1.807) is 0 Å². The molecule has 0 aromatic heterocycles. The van der Waals surface area contributed by atoms with E-state index in [1.807, 2.05) is 89.8 Å². The summed E-state index contributed by atoms with van der Waals surface area (Å²) in [4.78, 5) is 29.0. The first-order valence-corrected chi connectivity index (χ1v) is 16.0. The number of hydrogen-bond donors (Lipinski definition) is 2. The Labute approximate surface area is 271 Å². The Morgan fingerprint density at radius 2 is 1.41 bits per heavy atom. The predicted octanol–water partition coefficient (Wildman–Crippen LogP) is 6.82. The van der Waals surface area contributed by atoms with E-state index in [4.69, 9.17) is 20.6 Å². The third kappa shape index (κ3) is 8.21. The van der Waals surface area contributed by atoms with Crippen LogP contribution in [0.4, 0.5) is 0 Å². The smallest absolute Gasteiger partial charge is 0.306 e. The van der Waals surface area contributed by atoms with Gasteiger partial charge in [0.1, 0.15) is 18.2 Å². The van der Waals surface area contributed by atoms with Crippen LogP contribution in [0.25, 0.3) is 11.1 Å². The molecule has 0 saturated carbocycles. The number of likely N-dealkylation sites (tertiary alicyclic amines) is 1. The van der Waals surface area contributed by atoms with Crippen molar-refractivity contribution in [2.45, 2.75) is 51.0 Å². The normalized spacial score (nSPS) is 17.5. The van der Waals surface area contributed by atoms with Crippen molar-refractivity contribution in [3.63, 3.8) is 0 Å². The summed E-state index contributed by atoms with van der Waals surface area (Å²) in [7, 11) is 1.39. The molecule has 4 aromatic carbocycles. The fourth-order valence-corrected chi connectivity index (χ4v) is 6.50. The maximum atomic E-state index is 14.3. The number of benzene rings is 4. The number of carbonyl (C=O) groups is 2. The molecule has 1 heterocycles. The van der Waals surface area contributed by atoms with Crippen LogP contribution in [0.15, 0.2) is 109 Å². The van der Waals surface area contributed by atoms with Gasteiger partial charge in [-0.1, -0.05) is 97.1 Å². The molecule has 238 valence electrons. The summed E-state index contributed by atoms with van der Waals surface area (Å²) in [6.45, 7) is 0.934. The maximum absolute atomic E-state index is 14.3. The standard InChI is InChI=1S/C39H43N3O4/c1-45-36(43)27-39(24-8-14-29-10-4-2-5-11-29)26-34(42(38(39)44)25-9-15-30-12-6-3-7-13-30)28-46-35-22-20-32(21-23-35)31-16-18-33(19-17-31)37(40)41/h2-7,10-13,16-23,34H,8-9,14-15,24-28H2,1H3,(H3,40,41)/t34-,39-/m0/s1. The second-order valence-corrected chi connectivity index (χ2v) is 12.1. The van der Waals surface area contributed by atoms with Crippen molar-refractivity contribution in [3.05, 3.63) is 126 Å². The minimum Gasteiger partial charge on any atom is -0.491 e. The molecule has 0 radical (unpaired) electrons. The number of nitrogens with zero attached hydrogens (tertiary/aromatic N) is 1. The predicted molar refractivity (Wildman–Crippen MR) is 182 cm³/mol. The third-order valence-electron chi connectivity index (χ3n) is 8.99. The Hall–Kier alpha value is -4.91. The monoisotopic (exact) mass is 617 g/mol. The zero-order chi connectivity index (χ0) is 32.4. The highest BCUT2D eigenvalue weighted by atomic mass is 16.5. The van der Waals surface area contributed by atoms with Gasteiger partial charge in [0.05, 0.1) is 25.0 Å². The Morgan fingerprint density at radius 3 is 1.98 bits per heavy atom. The van der Waals surface area contributed by atoms with Crippen LogP contribution >= 0.6 is 0 Å². The molecule has 1 fully saturated rings. The first-order valence-electron chi connectivity index (χ1n) is 16.0. The average Bonchev–Trinajstić information content (AvgIpc) is 3.34. The molecule has 0 unspecified atom stereocenters. The zero-order valence-corrected chi connectivity index (χ0v) is 26.5. The third-order valence-corrected chi connectivity index (χ3v) is 8.99. The van der Waals surface area contributed by atoms with E-state index in [-0.39, 0.29) is 30.2 Å². The number of aryl methyl sites for hydroxylation is 2. The van der Waals surface area contributed by atoms with Gasteiger partial charge in [-0.25, -0.2) is 0 Å². The second kappa shape index (κ2) is 15.4. The van der Waals surface area contributed by atoms with Gasteiger partial charge in [0.2, 0.25) is 5.91 Å². The van der Waals surface area contributed by atoms with E-state index >= 15 is 0 Å². The number of carbonyl (C=O) groups excluding carboxylic acids is 2. The molecule has 4 aromatic rings. The van der Waals surface area contributed by atoms with Gasteiger partial charge in [-0.2, -0.15) is 0 Å². The molecular weight excluding hydrogens is 574 g/mol. The van der Waals surface area contributed by atoms with Gasteiger partial charge in [0, 0.05) is 12.1 Å². The van der Waals surface area contributed by atoms with E-state index in [1.165, 1.54) is 18.2 Å². The number of amides is 1. The molecule has 7 heteroatoms. The van der Waals surface area contributed by atoms with E-state index in [2.05, 4.69) is 24.3 Å². The summed E-state index contributed by atoms with van der Waals surface area (Å²) in [5, 5.41) is 7.61. The lowest BCUT2D eigenvalue weighted by Crippen LogP contribution is -2.40.